The maximum absolute atomic E-state index is 12.9. The lowest BCUT2D eigenvalue weighted by atomic mass is 10.0. The minimum atomic E-state index is -0.716. The van der Waals surface area contributed by atoms with E-state index in [-0.39, 0.29) is 17.8 Å². The van der Waals surface area contributed by atoms with Crippen molar-refractivity contribution in [3.8, 4) is 0 Å². The lowest BCUT2D eigenvalue weighted by molar-refractivity contribution is -0.141. The number of hydrogen-bond donors (Lipinski definition) is 1. The van der Waals surface area contributed by atoms with Gasteiger partial charge >= 0.3 is 5.97 Å². The Labute approximate surface area is 106 Å². The molecule has 2 rings (SSSR count). The van der Waals surface area contributed by atoms with Gasteiger partial charge in [-0.15, -0.1) is 0 Å². The normalized spacial score (nSPS) is 22.0. The fraction of sp³-hybridized carbons (Fsp3) is 0.500. The molecule has 0 unspecified atom stereocenters. The molecule has 0 amide bonds. The number of likely N-dealkylation sites (tertiary alicyclic amines) is 1. The molecule has 2 atom stereocenters. The summed E-state index contributed by atoms with van der Waals surface area (Å²) in [4.78, 5) is 13.1. The third kappa shape index (κ3) is 2.70. The number of aliphatic carboxylic acids is 1. The average molecular weight is 251 g/mol. The zero-order chi connectivity index (χ0) is 13.1. The van der Waals surface area contributed by atoms with Crippen LogP contribution in [0.25, 0.3) is 0 Å². The van der Waals surface area contributed by atoms with Crippen LogP contribution in [-0.2, 0) is 4.79 Å². The third-order valence-corrected chi connectivity index (χ3v) is 3.65. The Kier molecular flexibility index (Phi) is 3.97. The third-order valence-electron chi connectivity index (χ3n) is 3.65. The highest BCUT2D eigenvalue weighted by Crippen LogP contribution is 2.30. The number of benzene rings is 1. The van der Waals surface area contributed by atoms with Crippen molar-refractivity contribution in [2.45, 2.75) is 25.8 Å². The number of nitrogens with zero attached hydrogens (tertiary/aromatic N) is 1. The van der Waals surface area contributed by atoms with Crippen LogP contribution in [0.5, 0.6) is 0 Å². The number of carboxylic acid groups (broad SMARTS) is 1. The predicted molar refractivity (Wildman–Crippen MR) is 66.7 cm³/mol. The van der Waals surface area contributed by atoms with Gasteiger partial charge in [0.05, 0.1) is 5.92 Å². The summed E-state index contributed by atoms with van der Waals surface area (Å²) < 4.78 is 12.9. The smallest absolute Gasteiger partial charge is 0.307 e. The number of carbonyl (C=O) groups is 1. The molecule has 1 aromatic carbocycles. The van der Waals surface area contributed by atoms with Crippen molar-refractivity contribution < 1.29 is 14.3 Å². The first-order valence-electron chi connectivity index (χ1n) is 6.34. The molecule has 18 heavy (non-hydrogen) atoms. The van der Waals surface area contributed by atoms with Gasteiger partial charge < -0.3 is 5.11 Å². The van der Waals surface area contributed by atoms with Gasteiger partial charge in [-0.05, 0) is 37.1 Å². The van der Waals surface area contributed by atoms with E-state index in [1.807, 2.05) is 0 Å². The Balaban J connectivity index is 2.10. The quantitative estimate of drug-likeness (QED) is 0.894. The van der Waals surface area contributed by atoms with E-state index in [1.54, 1.807) is 12.1 Å². The van der Waals surface area contributed by atoms with Crippen molar-refractivity contribution in [2.24, 2.45) is 5.92 Å². The highest BCUT2D eigenvalue weighted by Gasteiger charge is 2.31. The molecule has 0 spiro atoms. The van der Waals surface area contributed by atoms with Crippen molar-refractivity contribution in [3.63, 3.8) is 0 Å². The molecule has 1 aromatic rings. The van der Waals surface area contributed by atoms with E-state index in [4.69, 9.17) is 5.11 Å². The highest BCUT2D eigenvalue weighted by molar-refractivity contribution is 5.70. The summed E-state index contributed by atoms with van der Waals surface area (Å²) in [5.41, 5.74) is 1.06. The van der Waals surface area contributed by atoms with E-state index >= 15 is 0 Å². The molecule has 3 nitrogen and oxygen atoms in total. The molecule has 1 heterocycles. The van der Waals surface area contributed by atoms with Crippen molar-refractivity contribution in [1.82, 2.24) is 4.90 Å². The van der Waals surface area contributed by atoms with E-state index < -0.39 is 5.97 Å². The zero-order valence-corrected chi connectivity index (χ0v) is 10.5. The molecule has 1 N–H and O–H groups in total. The molecule has 0 radical (unpaired) electrons. The monoisotopic (exact) mass is 251 g/mol. The van der Waals surface area contributed by atoms with Crippen molar-refractivity contribution >= 4 is 5.97 Å². The average Bonchev–Trinajstić information content (AvgIpc) is 2.82. The molecule has 4 heteroatoms. The summed E-state index contributed by atoms with van der Waals surface area (Å²) in [6.07, 6.45) is 1.60. The van der Waals surface area contributed by atoms with Gasteiger partial charge in [0.2, 0.25) is 0 Å². The van der Waals surface area contributed by atoms with Crippen LogP contribution in [0.4, 0.5) is 4.39 Å². The molecule has 0 aromatic heterocycles. The summed E-state index contributed by atoms with van der Waals surface area (Å²) in [7, 11) is 0. The highest BCUT2D eigenvalue weighted by atomic mass is 19.1. The Morgan fingerprint density at radius 1 is 1.50 bits per heavy atom. The standard InChI is InChI=1S/C14H18FNO2/c1-2-13(10-3-5-12(15)6-4-10)16-8-7-11(9-16)14(17)18/h3-6,11,13H,2,7-9H2,1H3,(H,17,18)/t11-,13+/m1/s1. The fourth-order valence-corrected chi connectivity index (χ4v) is 2.66. The van der Waals surface area contributed by atoms with Crippen LogP contribution in [0.1, 0.15) is 31.4 Å². The van der Waals surface area contributed by atoms with E-state index in [0.717, 1.165) is 18.5 Å². The molecule has 0 bridgehead atoms. The first-order valence-corrected chi connectivity index (χ1v) is 6.34. The minimum Gasteiger partial charge on any atom is -0.481 e. The van der Waals surface area contributed by atoms with Gasteiger partial charge in [-0.3, -0.25) is 9.69 Å². The number of rotatable bonds is 4. The first-order chi connectivity index (χ1) is 8.61. The summed E-state index contributed by atoms with van der Waals surface area (Å²) >= 11 is 0. The summed E-state index contributed by atoms with van der Waals surface area (Å²) in [6.45, 7) is 3.46. The van der Waals surface area contributed by atoms with Gasteiger partial charge in [0, 0.05) is 12.6 Å². The van der Waals surface area contributed by atoms with Crippen LogP contribution in [0.2, 0.25) is 0 Å². The van der Waals surface area contributed by atoms with Crippen LogP contribution in [0, 0.1) is 11.7 Å². The van der Waals surface area contributed by atoms with Gasteiger partial charge in [0.15, 0.2) is 0 Å². The molecule has 0 saturated carbocycles. The SMILES string of the molecule is CC[C@@H](c1ccc(F)cc1)N1CC[C@@H](C(=O)O)C1. The lowest BCUT2D eigenvalue weighted by Crippen LogP contribution is -2.27. The first kappa shape index (κ1) is 13.0. The summed E-state index contributed by atoms with van der Waals surface area (Å²) in [5.74, 6) is -1.22. The topological polar surface area (TPSA) is 40.5 Å². The van der Waals surface area contributed by atoms with Gasteiger partial charge in [-0.25, -0.2) is 4.39 Å². The second-order valence-electron chi connectivity index (χ2n) is 4.79. The van der Waals surface area contributed by atoms with Crippen molar-refractivity contribution in [3.05, 3.63) is 35.6 Å². The van der Waals surface area contributed by atoms with Gasteiger partial charge in [0.1, 0.15) is 5.82 Å². The van der Waals surface area contributed by atoms with Crippen LogP contribution in [-0.4, -0.2) is 29.1 Å². The van der Waals surface area contributed by atoms with E-state index in [0.29, 0.717) is 13.0 Å². The fourth-order valence-electron chi connectivity index (χ4n) is 2.66. The predicted octanol–water partition coefficient (Wildman–Crippen LogP) is 2.68. The Bertz CT molecular complexity index is 418. The minimum absolute atomic E-state index is 0.190. The molecule has 1 fully saturated rings. The molecule has 1 saturated heterocycles. The molecule has 1 aliphatic heterocycles. The van der Waals surface area contributed by atoms with E-state index in [1.165, 1.54) is 12.1 Å². The largest absolute Gasteiger partial charge is 0.481 e. The lowest BCUT2D eigenvalue weighted by Gasteiger charge is -2.27. The molecule has 0 aliphatic carbocycles. The van der Waals surface area contributed by atoms with Crippen molar-refractivity contribution in [1.29, 1.82) is 0 Å². The summed E-state index contributed by atoms with van der Waals surface area (Å²) in [5, 5.41) is 9.02. The maximum atomic E-state index is 12.9. The van der Waals surface area contributed by atoms with Gasteiger partial charge in [-0.1, -0.05) is 19.1 Å². The van der Waals surface area contributed by atoms with Gasteiger partial charge in [-0.2, -0.15) is 0 Å². The van der Waals surface area contributed by atoms with Crippen LogP contribution < -0.4 is 0 Å². The van der Waals surface area contributed by atoms with Crippen LogP contribution in [0.15, 0.2) is 24.3 Å². The van der Waals surface area contributed by atoms with Crippen molar-refractivity contribution in [2.75, 3.05) is 13.1 Å². The number of halogens is 1. The maximum Gasteiger partial charge on any atom is 0.307 e. The van der Waals surface area contributed by atoms with Crippen LogP contribution >= 0.6 is 0 Å². The molecular formula is C14H18FNO2. The number of hydrogen-bond acceptors (Lipinski definition) is 2. The van der Waals surface area contributed by atoms with E-state index in [9.17, 15) is 9.18 Å². The molecular weight excluding hydrogens is 233 g/mol. The second-order valence-corrected chi connectivity index (χ2v) is 4.79. The van der Waals surface area contributed by atoms with E-state index in [2.05, 4.69) is 11.8 Å². The Morgan fingerprint density at radius 3 is 2.67 bits per heavy atom. The summed E-state index contributed by atoms with van der Waals surface area (Å²) in [6, 6.07) is 6.69. The van der Waals surface area contributed by atoms with Gasteiger partial charge in [0.25, 0.3) is 0 Å². The number of carboxylic acids is 1. The molecule has 1 aliphatic rings. The van der Waals surface area contributed by atoms with Crippen LogP contribution in [0.3, 0.4) is 0 Å². The zero-order valence-electron chi connectivity index (χ0n) is 10.5. The Hall–Kier alpha value is -1.42. The molecule has 98 valence electrons. The Morgan fingerprint density at radius 2 is 2.17 bits per heavy atom. The second kappa shape index (κ2) is 5.48.